The van der Waals surface area contributed by atoms with Crippen molar-refractivity contribution in [2.24, 2.45) is 5.92 Å². The number of carbonyl (C=O) groups excluding carboxylic acids is 2. The van der Waals surface area contributed by atoms with Gasteiger partial charge in [-0.05, 0) is 68.3 Å². The van der Waals surface area contributed by atoms with E-state index in [2.05, 4.69) is 30.9 Å². The fraction of sp³-hybridized carbons (Fsp3) is 0.593. The van der Waals surface area contributed by atoms with Crippen LogP contribution in [0.1, 0.15) is 85.1 Å². The van der Waals surface area contributed by atoms with Crippen LogP contribution in [0.15, 0.2) is 22.8 Å². The lowest BCUT2D eigenvalue weighted by atomic mass is 9.99. The fourth-order valence-electron chi connectivity index (χ4n) is 5.18. The number of fused-ring (bicyclic) bond motifs is 1. The quantitative estimate of drug-likeness (QED) is 0.281. The van der Waals surface area contributed by atoms with Crippen LogP contribution < -0.4 is 10.6 Å². The van der Waals surface area contributed by atoms with Gasteiger partial charge in [0.2, 0.25) is 0 Å². The Morgan fingerprint density at radius 3 is 2.63 bits per heavy atom. The monoisotopic (exact) mass is 611 g/mol. The van der Waals surface area contributed by atoms with E-state index >= 15 is 0 Å². The van der Waals surface area contributed by atoms with Gasteiger partial charge in [-0.3, -0.25) is 4.79 Å². The van der Waals surface area contributed by atoms with Crippen LogP contribution in [0.4, 0.5) is 26.7 Å². The standard InChI is InChI=1S/C27H30F5N7O4/c1-25(2,27(30,31)32)42-10-18(36-23(40)20-19(13-3-4-13)37-43-38-20)22-34-16-8-7-15(9-17(16)35-22)21(14-5-6-14)39-12-26(28,29)11-33-24(39)41/h7-9,13-14,18,21H,3-6,10-12H2,1-2H3,(H,33,41)(H,34,35)(H,36,40)/t18-,21+/m0/s1. The van der Waals surface area contributed by atoms with E-state index in [9.17, 15) is 31.5 Å². The highest BCUT2D eigenvalue weighted by atomic mass is 19.4. The number of aromatic amines is 1. The molecule has 0 bridgehead atoms. The third kappa shape index (κ3) is 6.01. The minimum Gasteiger partial charge on any atom is -0.364 e. The molecule has 3 N–H and O–H groups in total. The average Bonchev–Trinajstić information content (AvgIpc) is 3.86. The maximum Gasteiger partial charge on any atom is 0.416 e. The summed E-state index contributed by atoms with van der Waals surface area (Å²) in [6.45, 7) is -0.287. The SMILES string of the molecule is CC(C)(OC[C@H](NC(=O)c1nonc1C1CC1)c1nc2cc([C@@H](C3CC3)N3CC(F)(F)CNC3=O)ccc2[nH]1)C(F)(F)F. The number of aromatic nitrogens is 4. The summed E-state index contributed by atoms with van der Waals surface area (Å²) in [7, 11) is 0. The highest BCUT2D eigenvalue weighted by Crippen LogP contribution is 2.46. The molecule has 3 amide bonds. The maximum atomic E-state index is 14.2. The Morgan fingerprint density at radius 1 is 1.21 bits per heavy atom. The molecule has 232 valence electrons. The van der Waals surface area contributed by atoms with Gasteiger partial charge in [0.1, 0.15) is 17.6 Å². The molecular weight excluding hydrogens is 581 g/mol. The molecule has 2 atom stereocenters. The smallest absolute Gasteiger partial charge is 0.364 e. The number of halogens is 5. The molecule has 1 aliphatic heterocycles. The van der Waals surface area contributed by atoms with Crippen LogP contribution in [0.5, 0.6) is 0 Å². The second-order valence-electron chi connectivity index (χ2n) is 11.9. The number of carbonyl (C=O) groups is 2. The van der Waals surface area contributed by atoms with Crippen molar-refractivity contribution in [1.82, 2.24) is 35.8 Å². The first-order valence-corrected chi connectivity index (χ1v) is 14.0. The van der Waals surface area contributed by atoms with Crippen LogP contribution in [0.2, 0.25) is 0 Å². The van der Waals surface area contributed by atoms with Crippen molar-refractivity contribution in [3.63, 3.8) is 0 Å². The van der Waals surface area contributed by atoms with E-state index in [-0.39, 0.29) is 23.4 Å². The van der Waals surface area contributed by atoms with Crippen LogP contribution >= 0.6 is 0 Å². The predicted molar refractivity (Wildman–Crippen MR) is 139 cm³/mol. The molecule has 2 saturated carbocycles. The molecule has 0 radical (unpaired) electrons. The second-order valence-corrected chi connectivity index (χ2v) is 11.9. The van der Waals surface area contributed by atoms with Crippen molar-refractivity contribution in [3.05, 3.63) is 41.0 Å². The number of benzene rings is 1. The Balaban J connectivity index is 1.30. The van der Waals surface area contributed by atoms with Crippen molar-refractivity contribution < 1.29 is 40.9 Å². The van der Waals surface area contributed by atoms with E-state index < -0.39 is 61.4 Å². The topological polar surface area (TPSA) is 138 Å². The molecule has 2 aliphatic carbocycles. The summed E-state index contributed by atoms with van der Waals surface area (Å²) in [5.74, 6) is -3.67. The Hall–Kier alpha value is -3.82. The number of amides is 3. The fourth-order valence-corrected chi connectivity index (χ4v) is 5.18. The summed E-state index contributed by atoms with van der Waals surface area (Å²) in [6, 6.07) is 2.66. The number of urea groups is 1. The van der Waals surface area contributed by atoms with Crippen LogP contribution in [0, 0.1) is 5.92 Å². The third-order valence-electron chi connectivity index (χ3n) is 8.05. The third-order valence-corrected chi connectivity index (χ3v) is 8.05. The van der Waals surface area contributed by atoms with Crippen LogP contribution in [-0.2, 0) is 4.74 Å². The number of alkyl halides is 5. The second kappa shape index (κ2) is 10.4. The molecule has 3 heterocycles. The zero-order chi connectivity index (χ0) is 30.7. The van der Waals surface area contributed by atoms with Crippen molar-refractivity contribution >= 4 is 23.0 Å². The first kappa shape index (κ1) is 29.3. The van der Waals surface area contributed by atoms with Crippen molar-refractivity contribution in [2.75, 3.05) is 19.7 Å². The molecule has 16 heteroatoms. The van der Waals surface area contributed by atoms with Crippen LogP contribution in [-0.4, -0.2) is 74.5 Å². The summed E-state index contributed by atoms with van der Waals surface area (Å²) in [6.07, 6.45) is -1.53. The number of rotatable bonds is 10. The normalized spacial score (nSPS) is 20.6. The molecule has 11 nitrogen and oxygen atoms in total. The van der Waals surface area contributed by atoms with Gasteiger partial charge in [-0.25, -0.2) is 23.2 Å². The van der Waals surface area contributed by atoms with Gasteiger partial charge in [0.15, 0.2) is 11.3 Å². The molecule has 0 unspecified atom stereocenters. The number of nitrogens with one attached hydrogen (secondary N) is 3. The van der Waals surface area contributed by atoms with E-state index in [0.717, 1.165) is 44.4 Å². The molecule has 6 rings (SSSR count). The maximum absolute atomic E-state index is 14.2. The number of imidazole rings is 1. The molecule has 3 aromatic rings. The minimum absolute atomic E-state index is 0.00252. The molecule has 3 aliphatic rings. The zero-order valence-electron chi connectivity index (χ0n) is 23.3. The van der Waals surface area contributed by atoms with Crippen molar-refractivity contribution in [1.29, 1.82) is 0 Å². The van der Waals surface area contributed by atoms with E-state index in [0.29, 0.717) is 22.3 Å². The van der Waals surface area contributed by atoms with Gasteiger partial charge < -0.3 is 25.3 Å². The molecule has 1 saturated heterocycles. The highest BCUT2D eigenvalue weighted by molar-refractivity contribution is 5.93. The lowest BCUT2D eigenvalue weighted by molar-refractivity contribution is -0.265. The van der Waals surface area contributed by atoms with Crippen molar-refractivity contribution in [3.8, 4) is 0 Å². The average molecular weight is 612 g/mol. The van der Waals surface area contributed by atoms with Gasteiger partial charge in [-0.2, -0.15) is 13.2 Å². The number of hydrogen-bond donors (Lipinski definition) is 3. The summed E-state index contributed by atoms with van der Waals surface area (Å²) in [5, 5.41) is 12.4. The Kier molecular flexibility index (Phi) is 7.09. The first-order chi connectivity index (χ1) is 20.2. The van der Waals surface area contributed by atoms with Crippen LogP contribution in [0.25, 0.3) is 11.0 Å². The molecule has 43 heavy (non-hydrogen) atoms. The molecule has 0 spiro atoms. The van der Waals surface area contributed by atoms with Gasteiger partial charge in [0.05, 0.1) is 36.8 Å². The first-order valence-electron chi connectivity index (χ1n) is 14.0. The Bertz CT molecular complexity index is 1530. The van der Waals surface area contributed by atoms with Gasteiger partial charge in [-0.15, -0.1) is 0 Å². The zero-order valence-corrected chi connectivity index (χ0v) is 23.3. The minimum atomic E-state index is -4.69. The van der Waals surface area contributed by atoms with E-state index in [1.165, 1.54) is 0 Å². The Labute approximate surface area is 241 Å². The number of nitrogens with zero attached hydrogens (tertiary/aromatic N) is 4. The number of ether oxygens (including phenoxy) is 1. The summed E-state index contributed by atoms with van der Waals surface area (Å²) < 4.78 is 79.2. The Morgan fingerprint density at radius 2 is 1.95 bits per heavy atom. The lowest BCUT2D eigenvalue weighted by Gasteiger charge is -2.38. The molecule has 1 aromatic carbocycles. The number of hydrogen-bond acceptors (Lipinski definition) is 7. The highest BCUT2D eigenvalue weighted by Gasteiger charge is 2.49. The van der Waals surface area contributed by atoms with Gasteiger partial charge in [-0.1, -0.05) is 11.2 Å². The summed E-state index contributed by atoms with van der Waals surface area (Å²) in [4.78, 5) is 34.5. The van der Waals surface area contributed by atoms with E-state index in [1.807, 2.05) is 0 Å². The molecule has 3 fully saturated rings. The van der Waals surface area contributed by atoms with Crippen LogP contribution in [0.3, 0.4) is 0 Å². The van der Waals surface area contributed by atoms with Crippen molar-refractivity contribution in [2.45, 2.75) is 75.2 Å². The number of H-pyrrole nitrogens is 1. The largest absolute Gasteiger partial charge is 0.416 e. The van der Waals surface area contributed by atoms with E-state index in [1.54, 1.807) is 18.2 Å². The molecular formula is C27H30F5N7O4. The van der Waals surface area contributed by atoms with E-state index in [4.69, 9.17) is 9.37 Å². The summed E-state index contributed by atoms with van der Waals surface area (Å²) in [5.41, 5.74) is -0.765. The molecule has 2 aromatic heterocycles. The summed E-state index contributed by atoms with van der Waals surface area (Å²) >= 11 is 0. The lowest BCUT2D eigenvalue weighted by Crippen LogP contribution is -2.58. The van der Waals surface area contributed by atoms with Gasteiger partial charge >= 0.3 is 12.2 Å². The predicted octanol–water partition coefficient (Wildman–Crippen LogP) is 4.76. The van der Waals surface area contributed by atoms with Gasteiger partial charge in [0.25, 0.3) is 11.8 Å². The van der Waals surface area contributed by atoms with Gasteiger partial charge in [0, 0.05) is 5.92 Å².